The van der Waals surface area contributed by atoms with Gasteiger partial charge in [0.05, 0.1) is 21.3 Å². The molecule has 0 aliphatic rings. The van der Waals surface area contributed by atoms with Gasteiger partial charge >= 0.3 is 5.97 Å². The molecule has 0 saturated carbocycles. The minimum absolute atomic E-state index is 0.346. The zero-order valence-electron chi connectivity index (χ0n) is 16.8. The molecule has 154 valence electrons. The lowest BCUT2D eigenvalue weighted by molar-refractivity contribution is -0.143. The molecular weight excluding hydrogens is 374 g/mol. The van der Waals surface area contributed by atoms with Gasteiger partial charge in [0.25, 0.3) is 5.91 Å². The van der Waals surface area contributed by atoms with Gasteiger partial charge in [0.1, 0.15) is 17.2 Å². The van der Waals surface area contributed by atoms with Crippen molar-refractivity contribution in [3.63, 3.8) is 0 Å². The number of methoxy groups -OCH3 is 3. The highest BCUT2D eigenvalue weighted by molar-refractivity contribution is 5.89. The van der Waals surface area contributed by atoms with Crippen LogP contribution in [0.4, 0.5) is 0 Å². The Balaban J connectivity index is 1.75. The van der Waals surface area contributed by atoms with Gasteiger partial charge in [-0.2, -0.15) is 0 Å². The summed E-state index contributed by atoms with van der Waals surface area (Å²) in [5.41, 5.74) is 1.73. The second-order valence-electron chi connectivity index (χ2n) is 6.00. The maximum atomic E-state index is 11.9. The molecule has 0 aliphatic carbocycles. The first-order valence-electron chi connectivity index (χ1n) is 9.02. The first kappa shape index (κ1) is 21.8. The number of hydrogen-bond acceptors (Lipinski definition) is 6. The van der Waals surface area contributed by atoms with E-state index in [-0.39, 0.29) is 12.5 Å². The largest absolute Gasteiger partial charge is 0.497 e. The monoisotopic (exact) mass is 399 g/mol. The molecule has 0 bridgehead atoms. The summed E-state index contributed by atoms with van der Waals surface area (Å²) in [6.07, 6.45) is 3.45. The summed E-state index contributed by atoms with van der Waals surface area (Å²) in [7, 11) is 4.70. The fourth-order valence-electron chi connectivity index (χ4n) is 2.50. The third kappa shape index (κ3) is 7.21. The Bertz CT molecular complexity index is 845. The van der Waals surface area contributed by atoms with E-state index in [0.29, 0.717) is 30.0 Å². The summed E-state index contributed by atoms with van der Waals surface area (Å²) in [4.78, 5) is 23.7. The Hall–Kier alpha value is -3.48. The van der Waals surface area contributed by atoms with Crippen LogP contribution in [0.5, 0.6) is 17.2 Å². The molecule has 0 radical (unpaired) electrons. The van der Waals surface area contributed by atoms with E-state index in [1.165, 1.54) is 13.2 Å². The third-order valence-corrected chi connectivity index (χ3v) is 4.08. The van der Waals surface area contributed by atoms with Crippen LogP contribution in [0.3, 0.4) is 0 Å². The molecule has 2 rings (SSSR count). The van der Waals surface area contributed by atoms with Crippen LogP contribution in [-0.4, -0.2) is 46.4 Å². The van der Waals surface area contributed by atoms with Gasteiger partial charge in [0.15, 0.2) is 6.61 Å². The van der Waals surface area contributed by atoms with Crippen LogP contribution in [0.15, 0.2) is 48.5 Å². The third-order valence-electron chi connectivity index (χ3n) is 4.08. The molecule has 29 heavy (non-hydrogen) atoms. The van der Waals surface area contributed by atoms with Crippen LogP contribution in [0.2, 0.25) is 0 Å². The highest BCUT2D eigenvalue weighted by Gasteiger charge is 2.06. The van der Waals surface area contributed by atoms with Crippen LogP contribution in [0.1, 0.15) is 11.1 Å². The zero-order chi connectivity index (χ0) is 21.1. The molecule has 1 N–H and O–H groups in total. The Morgan fingerprint density at radius 2 is 1.62 bits per heavy atom. The fourth-order valence-corrected chi connectivity index (χ4v) is 2.50. The molecular formula is C22H25NO6. The maximum absolute atomic E-state index is 11.9. The van der Waals surface area contributed by atoms with E-state index in [1.54, 1.807) is 38.5 Å². The van der Waals surface area contributed by atoms with E-state index < -0.39 is 5.97 Å². The van der Waals surface area contributed by atoms with Gasteiger partial charge in [0.2, 0.25) is 0 Å². The lowest BCUT2D eigenvalue weighted by Gasteiger charge is -2.07. The molecule has 2 aromatic carbocycles. The van der Waals surface area contributed by atoms with Gasteiger partial charge in [-0.3, -0.25) is 4.79 Å². The Kier molecular flexibility index (Phi) is 8.56. The molecule has 2 aromatic rings. The second kappa shape index (κ2) is 11.4. The standard InChI is InChI=1S/C22H25NO6/c1-26-18-7-4-16(5-8-18)12-13-23-21(24)15-29-22(25)11-6-17-14-19(27-2)9-10-20(17)28-3/h4-11,14H,12-13,15H2,1-3H3,(H,23,24). The summed E-state index contributed by atoms with van der Waals surface area (Å²) in [5.74, 6) is 1.02. The molecule has 1 amide bonds. The van der Waals surface area contributed by atoms with E-state index in [2.05, 4.69) is 5.32 Å². The van der Waals surface area contributed by atoms with Crippen LogP contribution < -0.4 is 19.5 Å². The minimum atomic E-state index is -0.625. The number of esters is 1. The molecule has 0 aromatic heterocycles. The number of carbonyl (C=O) groups excluding carboxylic acids is 2. The fraction of sp³-hybridized carbons (Fsp3) is 0.273. The first-order chi connectivity index (χ1) is 14.0. The SMILES string of the molecule is COc1ccc(CCNC(=O)COC(=O)C=Cc2cc(OC)ccc2OC)cc1. The number of benzene rings is 2. The quantitative estimate of drug-likeness (QED) is 0.489. The van der Waals surface area contributed by atoms with Crippen molar-refractivity contribution in [2.75, 3.05) is 34.5 Å². The van der Waals surface area contributed by atoms with Gasteiger partial charge in [-0.25, -0.2) is 4.79 Å². The first-order valence-corrected chi connectivity index (χ1v) is 9.02. The summed E-state index contributed by atoms with van der Waals surface area (Å²) in [6, 6.07) is 12.8. The van der Waals surface area contributed by atoms with Crippen molar-refractivity contribution in [1.82, 2.24) is 5.32 Å². The van der Waals surface area contributed by atoms with Gasteiger partial charge in [-0.05, 0) is 48.4 Å². The van der Waals surface area contributed by atoms with Crippen molar-refractivity contribution in [3.8, 4) is 17.2 Å². The smallest absolute Gasteiger partial charge is 0.331 e. The number of rotatable bonds is 10. The van der Waals surface area contributed by atoms with Crippen molar-refractivity contribution in [3.05, 3.63) is 59.7 Å². The van der Waals surface area contributed by atoms with Gasteiger partial charge in [0, 0.05) is 18.2 Å². The highest BCUT2D eigenvalue weighted by Crippen LogP contribution is 2.25. The Labute approximate surface area is 170 Å². The summed E-state index contributed by atoms with van der Waals surface area (Å²) in [5, 5.41) is 2.71. The minimum Gasteiger partial charge on any atom is -0.497 e. The Morgan fingerprint density at radius 1 is 0.931 bits per heavy atom. The van der Waals surface area contributed by atoms with Gasteiger partial charge in [-0.1, -0.05) is 12.1 Å². The molecule has 7 nitrogen and oxygen atoms in total. The van der Waals surface area contributed by atoms with Crippen LogP contribution in [-0.2, 0) is 20.7 Å². The van der Waals surface area contributed by atoms with E-state index in [0.717, 1.165) is 11.3 Å². The lowest BCUT2D eigenvalue weighted by atomic mass is 10.1. The summed E-state index contributed by atoms with van der Waals surface area (Å²) in [6.45, 7) is 0.0978. The number of carbonyl (C=O) groups is 2. The molecule has 0 fully saturated rings. The second-order valence-corrected chi connectivity index (χ2v) is 6.00. The molecule has 0 atom stereocenters. The zero-order valence-corrected chi connectivity index (χ0v) is 16.8. The van der Waals surface area contributed by atoms with Crippen LogP contribution >= 0.6 is 0 Å². The van der Waals surface area contributed by atoms with Crippen molar-refractivity contribution < 1.29 is 28.5 Å². The molecule has 0 unspecified atom stereocenters. The summed E-state index contributed by atoms with van der Waals surface area (Å²) >= 11 is 0. The van der Waals surface area contributed by atoms with Gasteiger partial charge in [-0.15, -0.1) is 0 Å². The number of amides is 1. The Morgan fingerprint density at radius 3 is 2.28 bits per heavy atom. The van der Waals surface area contributed by atoms with Crippen LogP contribution in [0.25, 0.3) is 6.08 Å². The molecule has 0 heterocycles. The molecule has 0 saturated heterocycles. The average molecular weight is 399 g/mol. The van der Waals surface area contributed by atoms with E-state index in [9.17, 15) is 9.59 Å². The molecule has 7 heteroatoms. The number of hydrogen-bond donors (Lipinski definition) is 1. The molecule has 0 aliphatic heterocycles. The van der Waals surface area contributed by atoms with Crippen molar-refractivity contribution >= 4 is 18.0 Å². The van der Waals surface area contributed by atoms with Crippen molar-refractivity contribution in [2.24, 2.45) is 0 Å². The van der Waals surface area contributed by atoms with Crippen molar-refractivity contribution in [2.45, 2.75) is 6.42 Å². The predicted octanol–water partition coefficient (Wildman–Crippen LogP) is 2.63. The highest BCUT2D eigenvalue weighted by atomic mass is 16.5. The number of nitrogens with one attached hydrogen (secondary N) is 1. The topological polar surface area (TPSA) is 83.1 Å². The van der Waals surface area contributed by atoms with E-state index >= 15 is 0 Å². The van der Waals surface area contributed by atoms with Gasteiger partial charge < -0.3 is 24.3 Å². The maximum Gasteiger partial charge on any atom is 0.331 e. The van der Waals surface area contributed by atoms with E-state index in [1.807, 2.05) is 24.3 Å². The van der Waals surface area contributed by atoms with Crippen LogP contribution in [0, 0.1) is 0 Å². The molecule has 0 spiro atoms. The average Bonchev–Trinajstić information content (AvgIpc) is 2.76. The predicted molar refractivity (Wildman–Crippen MR) is 109 cm³/mol. The normalized spacial score (nSPS) is 10.4. The lowest BCUT2D eigenvalue weighted by Crippen LogP contribution is -2.30. The number of ether oxygens (including phenoxy) is 4. The van der Waals surface area contributed by atoms with E-state index in [4.69, 9.17) is 18.9 Å². The van der Waals surface area contributed by atoms with Crippen molar-refractivity contribution in [1.29, 1.82) is 0 Å². The summed E-state index contributed by atoms with van der Waals surface area (Å²) < 4.78 is 20.5.